The van der Waals surface area contributed by atoms with E-state index in [-0.39, 0.29) is 18.2 Å². The highest BCUT2D eigenvalue weighted by atomic mass is 19.1. The number of nitriles is 1. The normalized spacial score (nSPS) is 18.3. The van der Waals surface area contributed by atoms with Crippen LogP contribution in [-0.4, -0.2) is 59.8 Å². The van der Waals surface area contributed by atoms with Crippen LogP contribution in [0.2, 0.25) is 0 Å². The summed E-state index contributed by atoms with van der Waals surface area (Å²) in [6, 6.07) is 9.83. The molecule has 1 fully saturated rings. The maximum atomic E-state index is 14.4. The predicted octanol–water partition coefficient (Wildman–Crippen LogP) is 4.21. The van der Waals surface area contributed by atoms with Gasteiger partial charge in [0.25, 0.3) is 5.91 Å². The lowest BCUT2D eigenvalue weighted by atomic mass is 9.91. The van der Waals surface area contributed by atoms with Crippen LogP contribution < -0.4 is 10.6 Å². The quantitative estimate of drug-likeness (QED) is 0.303. The Morgan fingerprint density at radius 2 is 1.98 bits per heavy atom. The molecule has 40 heavy (non-hydrogen) atoms. The van der Waals surface area contributed by atoms with Gasteiger partial charge in [0, 0.05) is 18.4 Å². The fourth-order valence-electron chi connectivity index (χ4n) is 5.01. The zero-order valence-electron chi connectivity index (χ0n) is 22.8. The van der Waals surface area contributed by atoms with Gasteiger partial charge in [0.15, 0.2) is 0 Å². The minimum Gasteiger partial charge on any atom is -0.387 e. The van der Waals surface area contributed by atoms with Gasteiger partial charge in [-0.2, -0.15) is 15.5 Å². The highest BCUT2D eigenvalue weighted by Gasteiger charge is 2.28. The minimum atomic E-state index is -1.63. The molecule has 1 aliphatic carbocycles. The number of nitrogens with zero attached hydrogens (tertiary/aromatic N) is 6. The van der Waals surface area contributed by atoms with Crippen molar-refractivity contribution in [3.05, 3.63) is 65.7 Å². The molecule has 4 aromatic heterocycles. The van der Waals surface area contributed by atoms with Gasteiger partial charge in [-0.1, -0.05) is 0 Å². The highest BCUT2D eigenvalue weighted by Crippen LogP contribution is 2.32. The molecule has 0 aliphatic heterocycles. The van der Waals surface area contributed by atoms with Gasteiger partial charge in [-0.05, 0) is 76.3 Å². The Kier molecular flexibility index (Phi) is 7.54. The zero-order chi connectivity index (χ0) is 28.4. The van der Waals surface area contributed by atoms with Crippen molar-refractivity contribution in [2.45, 2.75) is 70.3 Å². The Hall–Kier alpha value is -4.30. The molecule has 5 rings (SSSR count). The first-order valence-corrected chi connectivity index (χ1v) is 13.4. The van der Waals surface area contributed by atoms with Crippen LogP contribution in [-0.2, 0) is 0 Å². The van der Waals surface area contributed by atoms with E-state index in [0.717, 1.165) is 36.8 Å². The summed E-state index contributed by atoms with van der Waals surface area (Å²) in [5.74, 6) is -0.481. The van der Waals surface area contributed by atoms with E-state index >= 15 is 0 Å². The molecule has 0 spiro atoms. The largest absolute Gasteiger partial charge is 0.387 e. The standard InChI is InChI=1S/C29H33FN8O2/c1-18-13-34-37(17-18)21-6-4-20(5-7-21)36-24-11-25(26-9-8-22-10-19(12-31)14-35-38(22)26)32-15-23(24)28(39)33-16-27(30)29(2,3)40/h8-11,13-15,17,20-21,27,40H,4-7,16H2,1-3H3,(H,32,36)(H,33,39)/t20-,21-,27-/m1/s1. The zero-order valence-corrected chi connectivity index (χ0v) is 22.8. The van der Waals surface area contributed by atoms with Crippen LogP contribution in [0.1, 0.15) is 67.1 Å². The van der Waals surface area contributed by atoms with Crippen LogP contribution in [0.4, 0.5) is 10.1 Å². The molecule has 1 amide bonds. The summed E-state index contributed by atoms with van der Waals surface area (Å²) in [6.07, 6.45) is 8.95. The molecule has 208 valence electrons. The number of hydrogen-bond acceptors (Lipinski definition) is 7. The Balaban J connectivity index is 1.40. The van der Waals surface area contributed by atoms with E-state index in [1.807, 2.05) is 36.0 Å². The number of alkyl halides is 1. The number of aromatic nitrogens is 5. The second-order valence-corrected chi connectivity index (χ2v) is 11.0. The van der Waals surface area contributed by atoms with Crippen LogP contribution in [0.3, 0.4) is 0 Å². The van der Waals surface area contributed by atoms with Gasteiger partial charge in [-0.25, -0.2) is 8.91 Å². The van der Waals surface area contributed by atoms with Gasteiger partial charge < -0.3 is 15.7 Å². The maximum absolute atomic E-state index is 14.4. The molecule has 0 unspecified atom stereocenters. The fraction of sp³-hybridized carbons (Fsp3) is 0.414. The number of amides is 1. The van der Waals surface area contributed by atoms with E-state index in [0.29, 0.717) is 28.7 Å². The lowest BCUT2D eigenvalue weighted by molar-refractivity contribution is -0.00177. The average Bonchev–Trinajstić information content (AvgIpc) is 3.57. The lowest BCUT2D eigenvalue weighted by Crippen LogP contribution is -2.42. The number of pyridine rings is 1. The van der Waals surface area contributed by atoms with Crippen molar-refractivity contribution in [1.29, 1.82) is 5.26 Å². The van der Waals surface area contributed by atoms with Crippen LogP contribution in [0.25, 0.3) is 16.9 Å². The number of fused-ring (bicyclic) bond motifs is 1. The molecule has 4 heterocycles. The molecule has 1 atom stereocenters. The van der Waals surface area contributed by atoms with Crippen molar-refractivity contribution < 1.29 is 14.3 Å². The molecule has 0 aromatic carbocycles. The van der Waals surface area contributed by atoms with Crippen molar-refractivity contribution in [3.8, 4) is 17.5 Å². The van der Waals surface area contributed by atoms with Crippen molar-refractivity contribution in [2.24, 2.45) is 0 Å². The minimum absolute atomic E-state index is 0.125. The van der Waals surface area contributed by atoms with Crippen LogP contribution >= 0.6 is 0 Å². The van der Waals surface area contributed by atoms with E-state index in [4.69, 9.17) is 0 Å². The molecule has 3 N–H and O–H groups in total. The fourth-order valence-corrected chi connectivity index (χ4v) is 5.01. The third kappa shape index (κ3) is 5.82. The van der Waals surface area contributed by atoms with Crippen molar-refractivity contribution >= 4 is 17.1 Å². The topological polar surface area (TPSA) is 133 Å². The second kappa shape index (κ2) is 11.1. The Bertz CT molecular complexity index is 1560. The van der Waals surface area contributed by atoms with Gasteiger partial charge in [0.1, 0.15) is 12.2 Å². The Morgan fingerprint density at radius 3 is 2.65 bits per heavy atom. The first-order chi connectivity index (χ1) is 19.1. The molecular weight excluding hydrogens is 511 g/mol. The van der Waals surface area contributed by atoms with Gasteiger partial charge >= 0.3 is 0 Å². The summed E-state index contributed by atoms with van der Waals surface area (Å²) in [4.78, 5) is 17.7. The summed E-state index contributed by atoms with van der Waals surface area (Å²) >= 11 is 0. The number of carbonyl (C=O) groups excluding carboxylic acids is 1. The van der Waals surface area contributed by atoms with Gasteiger partial charge in [0.2, 0.25) is 0 Å². The third-order valence-electron chi connectivity index (χ3n) is 7.41. The summed E-state index contributed by atoms with van der Waals surface area (Å²) in [6.45, 7) is 4.43. The van der Waals surface area contributed by atoms with Gasteiger partial charge in [-0.15, -0.1) is 0 Å². The van der Waals surface area contributed by atoms with E-state index < -0.39 is 17.7 Å². The number of carbonyl (C=O) groups is 1. The maximum Gasteiger partial charge on any atom is 0.255 e. The predicted molar refractivity (Wildman–Crippen MR) is 149 cm³/mol. The van der Waals surface area contributed by atoms with Crippen molar-refractivity contribution in [3.63, 3.8) is 0 Å². The molecule has 11 heteroatoms. The number of hydrogen-bond donors (Lipinski definition) is 3. The third-order valence-corrected chi connectivity index (χ3v) is 7.41. The first-order valence-electron chi connectivity index (χ1n) is 13.4. The number of rotatable bonds is 8. The summed E-state index contributed by atoms with van der Waals surface area (Å²) < 4.78 is 18.1. The van der Waals surface area contributed by atoms with Crippen LogP contribution in [0, 0.1) is 18.3 Å². The summed E-state index contributed by atoms with van der Waals surface area (Å²) in [5, 5.41) is 34.1. The van der Waals surface area contributed by atoms with E-state index in [9.17, 15) is 19.6 Å². The lowest BCUT2D eigenvalue weighted by Gasteiger charge is -2.30. The van der Waals surface area contributed by atoms with Crippen LogP contribution in [0.5, 0.6) is 0 Å². The number of nitrogens with one attached hydrogen (secondary N) is 2. The molecule has 1 aliphatic rings. The number of halogens is 1. The second-order valence-electron chi connectivity index (χ2n) is 11.0. The monoisotopic (exact) mass is 544 g/mol. The SMILES string of the molecule is Cc1cnn([C@H]2CC[C@H](Nc3cc(-c4ccc5cc(C#N)cnn45)ncc3C(=O)NC[C@@H](F)C(C)(C)O)CC2)c1. The Labute approximate surface area is 231 Å². The summed E-state index contributed by atoms with van der Waals surface area (Å²) in [5.41, 5.74) is 2.95. The van der Waals surface area contributed by atoms with E-state index in [1.165, 1.54) is 26.2 Å². The molecule has 4 aromatic rings. The smallest absolute Gasteiger partial charge is 0.255 e. The number of aryl methyl sites for hydroxylation is 1. The van der Waals surface area contributed by atoms with Crippen molar-refractivity contribution in [2.75, 3.05) is 11.9 Å². The van der Waals surface area contributed by atoms with Crippen LogP contribution in [0.15, 0.2) is 49.1 Å². The number of aliphatic hydroxyl groups is 1. The van der Waals surface area contributed by atoms with Gasteiger partial charge in [0.05, 0.1) is 64.3 Å². The van der Waals surface area contributed by atoms with E-state index in [1.54, 1.807) is 10.6 Å². The molecule has 0 saturated heterocycles. The van der Waals surface area contributed by atoms with Crippen molar-refractivity contribution in [1.82, 2.24) is 29.7 Å². The molecule has 10 nitrogen and oxygen atoms in total. The number of anilines is 1. The van der Waals surface area contributed by atoms with Gasteiger partial charge in [-0.3, -0.25) is 14.5 Å². The molecule has 0 radical (unpaired) electrons. The molecule has 1 saturated carbocycles. The first kappa shape index (κ1) is 27.3. The summed E-state index contributed by atoms with van der Waals surface area (Å²) in [7, 11) is 0. The molecular formula is C29H33FN8O2. The highest BCUT2D eigenvalue weighted by molar-refractivity contribution is 6.00. The van der Waals surface area contributed by atoms with E-state index in [2.05, 4.69) is 38.1 Å². The average molecular weight is 545 g/mol. The molecule has 0 bridgehead atoms. The Morgan fingerprint density at radius 1 is 1.20 bits per heavy atom.